The van der Waals surface area contributed by atoms with E-state index in [1.807, 2.05) is 24.3 Å². The van der Waals surface area contributed by atoms with Gasteiger partial charge < -0.3 is 20.3 Å². The summed E-state index contributed by atoms with van der Waals surface area (Å²) in [6.07, 6.45) is 2.19. The first-order chi connectivity index (χ1) is 12.8. The normalized spacial score (nSPS) is 14.1. The van der Waals surface area contributed by atoms with Crippen molar-refractivity contribution >= 4 is 23.1 Å². The van der Waals surface area contributed by atoms with E-state index in [9.17, 15) is 4.79 Å². The second-order valence-electron chi connectivity index (χ2n) is 6.15. The molecule has 7 nitrogen and oxygen atoms in total. The number of rotatable bonds is 7. The number of nitrogens with one attached hydrogen (secondary N) is 2. The molecular formula is C19H25N5O2. The summed E-state index contributed by atoms with van der Waals surface area (Å²) in [5.74, 6) is 0.419. The number of unbranched alkanes of at least 4 members (excludes halogenated alkanes) is 1. The summed E-state index contributed by atoms with van der Waals surface area (Å²) < 4.78 is 5.40. The Morgan fingerprint density at radius 2 is 1.96 bits per heavy atom. The van der Waals surface area contributed by atoms with Gasteiger partial charge in [-0.05, 0) is 30.7 Å². The van der Waals surface area contributed by atoms with Gasteiger partial charge in [-0.2, -0.15) is 0 Å². The highest BCUT2D eigenvalue weighted by atomic mass is 16.5. The van der Waals surface area contributed by atoms with Crippen LogP contribution in [0.5, 0.6) is 0 Å². The number of aromatic nitrogens is 2. The molecule has 3 rings (SSSR count). The Hall–Kier alpha value is -2.67. The van der Waals surface area contributed by atoms with Crippen molar-refractivity contribution in [2.45, 2.75) is 19.8 Å². The monoisotopic (exact) mass is 355 g/mol. The van der Waals surface area contributed by atoms with E-state index in [1.54, 1.807) is 12.1 Å². The van der Waals surface area contributed by atoms with E-state index in [0.29, 0.717) is 24.7 Å². The molecule has 2 heterocycles. The maximum Gasteiger partial charge on any atom is 0.276 e. The molecule has 138 valence electrons. The number of ether oxygens (including phenoxy) is 1. The van der Waals surface area contributed by atoms with Crippen LogP contribution >= 0.6 is 0 Å². The molecule has 0 spiro atoms. The van der Waals surface area contributed by atoms with Crippen LogP contribution in [0.2, 0.25) is 0 Å². The molecule has 0 aliphatic carbocycles. The number of carbonyl (C=O) groups is 1. The van der Waals surface area contributed by atoms with Gasteiger partial charge in [0.1, 0.15) is 5.82 Å². The van der Waals surface area contributed by atoms with Gasteiger partial charge >= 0.3 is 0 Å². The molecule has 1 aliphatic rings. The van der Waals surface area contributed by atoms with Crippen molar-refractivity contribution in [1.29, 1.82) is 0 Å². The molecule has 0 atom stereocenters. The third-order valence-electron chi connectivity index (χ3n) is 4.24. The Bertz CT molecular complexity index is 714. The van der Waals surface area contributed by atoms with Crippen molar-refractivity contribution in [3.63, 3.8) is 0 Å². The number of para-hydroxylation sites is 2. The van der Waals surface area contributed by atoms with E-state index in [-0.39, 0.29) is 5.91 Å². The van der Waals surface area contributed by atoms with Crippen molar-refractivity contribution < 1.29 is 9.53 Å². The maximum absolute atomic E-state index is 12.5. The fourth-order valence-electron chi connectivity index (χ4n) is 2.79. The Morgan fingerprint density at radius 3 is 2.69 bits per heavy atom. The number of carbonyl (C=O) groups excluding carboxylic acids is 1. The lowest BCUT2D eigenvalue weighted by molar-refractivity contribution is 0.102. The Labute approximate surface area is 153 Å². The van der Waals surface area contributed by atoms with Crippen molar-refractivity contribution in [2.75, 3.05) is 48.4 Å². The quantitative estimate of drug-likeness (QED) is 0.744. The number of anilines is 3. The van der Waals surface area contributed by atoms with Crippen LogP contribution in [0.15, 0.2) is 36.4 Å². The molecule has 0 radical (unpaired) electrons. The van der Waals surface area contributed by atoms with Crippen LogP contribution < -0.4 is 15.5 Å². The molecule has 1 aromatic carbocycles. The lowest BCUT2D eigenvalue weighted by Gasteiger charge is -2.30. The summed E-state index contributed by atoms with van der Waals surface area (Å²) >= 11 is 0. The lowest BCUT2D eigenvalue weighted by atomic mass is 10.2. The summed E-state index contributed by atoms with van der Waals surface area (Å²) in [6.45, 7) is 6.00. The molecule has 1 aliphatic heterocycles. The molecule has 1 amide bonds. The Balaban J connectivity index is 1.66. The van der Waals surface area contributed by atoms with E-state index in [1.165, 1.54) is 0 Å². The van der Waals surface area contributed by atoms with Crippen LogP contribution in [0.4, 0.5) is 17.2 Å². The first kappa shape index (κ1) is 18.1. The average molecular weight is 355 g/mol. The average Bonchev–Trinajstić information content (AvgIpc) is 2.70. The number of morpholine rings is 1. The molecule has 2 N–H and O–H groups in total. The zero-order chi connectivity index (χ0) is 18.2. The SMILES string of the molecule is CCCCNc1ccc(C(=O)Nc2ccccc2N2CCOCC2)nn1. The van der Waals surface area contributed by atoms with E-state index in [0.717, 1.165) is 43.9 Å². The highest BCUT2D eigenvalue weighted by molar-refractivity contribution is 6.04. The standard InChI is InChI=1S/C19H25N5O2/c1-2-3-10-20-18-9-8-16(22-23-18)19(25)21-15-6-4-5-7-17(15)24-11-13-26-14-12-24/h4-9H,2-3,10-14H2,1H3,(H,20,23)(H,21,25). The molecule has 0 bridgehead atoms. The molecule has 1 fully saturated rings. The molecule has 0 saturated carbocycles. The van der Waals surface area contributed by atoms with Gasteiger partial charge in [0.2, 0.25) is 0 Å². The van der Waals surface area contributed by atoms with Crippen LogP contribution in [0.1, 0.15) is 30.3 Å². The van der Waals surface area contributed by atoms with Crippen LogP contribution in [0.25, 0.3) is 0 Å². The highest BCUT2D eigenvalue weighted by Crippen LogP contribution is 2.26. The number of benzene rings is 1. The highest BCUT2D eigenvalue weighted by Gasteiger charge is 2.17. The third kappa shape index (κ3) is 4.70. The largest absolute Gasteiger partial charge is 0.378 e. The molecule has 1 aromatic heterocycles. The Kier molecular flexibility index (Phi) is 6.38. The Morgan fingerprint density at radius 1 is 1.15 bits per heavy atom. The number of hydrogen-bond acceptors (Lipinski definition) is 6. The number of amides is 1. The molecule has 26 heavy (non-hydrogen) atoms. The number of nitrogens with zero attached hydrogens (tertiary/aromatic N) is 3. The summed E-state index contributed by atoms with van der Waals surface area (Å²) in [5.41, 5.74) is 2.06. The first-order valence-electron chi connectivity index (χ1n) is 9.08. The smallest absolute Gasteiger partial charge is 0.276 e. The van der Waals surface area contributed by atoms with Crippen molar-refractivity contribution in [1.82, 2.24) is 10.2 Å². The maximum atomic E-state index is 12.5. The van der Waals surface area contributed by atoms with Gasteiger partial charge in [-0.25, -0.2) is 0 Å². The van der Waals surface area contributed by atoms with E-state index in [2.05, 4.69) is 32.7 Å². The minimum atomic E-state index is -0.265. The van der Waals surface area contributed by atoms with Gasteiger partial charge in [0.25, 0.3) is 5.91 Å². The summed E-state index contributed by atoms with van der Waals surface area (Å²) in [6, 6.07) is 11.3. The van der Waals surface area contributed by atoms with Gasteiger partial charge in [0.05, 0.1) is 24.6 Å². The predicted octanol–water partition coefficient (Wildman–Crippen LogP) is 2.78. The van der Waals surface area contributed by atoms with Crippen LogP contribution in [0, 0.1) is 0 Å². The van der Waals surface area contributed by atoms with Crippen molar-refractivity contribution in [2.24, 2.45) is 0 Å². The first-order valence-corrected chi connectivity index (χ1v) is 9.08. The fourth-order valence-corrected chi connectivity index (χ4v) is 2.79. The van der Waals surface area contributed by atoms with Crippen LogP contribution in [-0.2, 0) is 4.74 Å². The van der Waals surface area contributed by atoms with Gasteiger partial charge in [0.15, 0.2) is 5.69 Å². The zero-order valence-electron chi connectivity index (χ0n) is 15.1. The van der Waals surface area contributed by atoms with Crippen LogP contribution in [0.3, 0.4) is 0 Å². The second kappa shape index (κ2) is 9.15. The second-order valence-corrected chi connectivity index (χ2v) is 6.15. The van der Waals surface area contributed by atoms with E-state index < -0.39 is 0 Å². The summed E-state index contributed by atoms with van der Waals surface area (Å²) in [4.78, 5) is 14.8. The fraction of sp³-hybridized carbons (Fsp3) is 0.421. The molecule has 1 saturated heterocycles. The summed E-state index contributed by atoms with van der Waals surface area (Å²) in [5, 5.41) is 14.3. The van der Waals surface area contributed by atoms with Crippen molar-refractivity contribution in [3.8, 4) is 0 Å². The van der Waals surface area contributed by atoms with E-state index >= 15 is 0 Å². The third-order valence-corrected chi connectivity index (χ3v) is 4.24. The van der Waals surface area contributed by atoms with Gasteiger partial charge in [-0.15, -0.1) is 10.2 Å². The van der Waals surface area contributed by atoms with Gasteiger partial charge in [-0.3, -0.25) is 4.79 Å². The van der Waals surface area contributed by atoms with Gasteiger partial charge in [-0.1, -0.05) is 25.5 Å². The predicted molar refractivity (Wildman–Crippen MR) is 103 cm³/mol. The summed E-state index contributed by atoms with van der Waals surface area (Å²) in [7, 11) is 0. The minimum Gasteiger partial charge on any atom is -0.378 e. The van der Waals surface area contributed by atoms with E-state index in [4.69, 9.17) is 4.74 Å². The molecular weight excluding hydrogens is 330 g/mol. The molecule has 7 heteroatoms. The topological polar surface area (TPSA) is 79.4 Å². The number of hydrogen-bond donors (Lipinski definition) is 2. The van der Waals surface area contributed by atoms with Crippen LogP contribution in [-0.4, -0.2) is 49.0 Å². The minimum absolute atomic E-state index is 0.265. The lowest BCUT2D eigenvalue weighted by Crippen LogP contribution is -2.36. The molecule has 0 unspecified atom stereocenters. The van der Waals surface area contributed by atoms with Crippen molar-refractivity contribution in [3.05, 3.63) is 42.1 Å². The molecule has 2 aromatic rings. The zero-order valence-corrected chi connectivity index (χ0v) is 15.1. The van der Waals surface area contributed by atoms with Gasteiger partial charge in [0, 0.05) is 19.6 Å².